The van der Waals surface area contributed by atoms with Crippen LogP contribution in [0.15, 0.2) is 52.2 Å². The molecule has 1 aliphatic heterocycles. The quantitative estimate of drug-likeness (QED) is 0.910. The molecule has 106 valence electrons. The number of aliphatic hydroxyl groups excluding tert-OH is 1. The van der Waals surface area contributed by atoms with Crippen LogP contribution in [-0.2, 0) is 4.79 Å². The van der Waals surface area contributed by atoms with E-state index in [9.17, 15) is 9.90 Å². The maximum Gasteiger partial charge on any atom is 0.261 e. The third kappa shape index (κ3) is 2.86. The molecule has 0 bridgehead atoms. The van der Waals surface area contributed by atoms with Crippen LogP contribution in [0.25, 0.3) is 0 Å². The van der Waals surface area contributed by atoms with Gasteiger partial charge in [-0.25, -0.2) is 0 Å². The highest BCUT2D eigenvalue weighted by Crippen LogP contribution is 2.33. The van der Waals surface area contributed by atoms with Gasteiger partial charge in [-0.05, 0) is 31.6 Å². The van der Waals surface area contributed by atoms with Crippen LogP contribution in [-0.4, -0.2) is 17.1 Å². The highest BCUT2D eigenvalue weighted by atomic mass is 79.9. The van der Waals surface area contributed by atoms with Gasteiger partial charge in [0.25, 0.3) is 5.91 Å². The number of aliphatic hydroxyl groups is 1. The molecule has 0 aliphatic carbocycles. The number of carbonyl (C=O) groups is 1. The minimum atomic E-state index is -0.705. The normalized spacial score (nSPS) is 19.1. The predicted molar refractivity (Wildman–Crippen MR) is 84.6 cm³/mol. The van der Waals surface area contributed by atoms with E-state index in [0.29, 0.717) is 12.0 Å². The summed E-state index contributed by atoms with van der Waals surface area (Å²) in [5.74, 6) is -0.147. The number of hydrogen-bond acceptors (Lipinski definition) is 2. The maximum atomic E-state index is 12.6. The van der Waals surface area contributed by atoms with Gasteiger partial charge in [0.1, 0.15) is 0 Å². The summed E-state index contributed by atoms with van der Waals surface area (Å²) in [6.45, 7) is 3.88. The molecule has 1 amide bonds. The summed E-state index contributed by atoms with van der Waals surface area (Å²) < 4.78 is 0.869. The van der Waals surface area contributed by atoms with E-state index in [1.165, 1.54) is 0 Å². The van der Waals surface area contributed by atoms with Crippen LogP contribution >= 0.6 is 15.9 Å². The summed E-state index contributed by atoms with van der Waals surface area (Å²) in [6, 6.07) is 9.47. The molecule has 0 saturated carbocycles. The first-order chi connectivity index (χ1) is 9.56. The molecule has 2 rings (SSSR count). The second-order valence-electron chi connectivity index (χ2n) is 4.80. The average molecular weight is 336 g/mol. The van der Waals surface area contributed by atoms with Gasteiger partial charge in [0.15, 0.2) is 0 Å². The summed E-state index contributed by atoms with van der Waals surface area (Å²) in [6.07, 6.45) is 2.50. The number of halogens is 1. The molecule has 0 fully saturated rings. The van der Waals surface area contributed by atoms with Crippen LogP contribution in [0, 0.1) is 0 Å². The molecule has 0 radical (unpaired) electrons. The van der Waals surface area contributed by atoms with Crippen molar-refractivity contribution < 1.29 is 9.90 Å². The van der Waals surface area contributed by atoms with Crippen LogP contribution in [0.1, 0.15) is 26.7 Å². The van der Waals surface area contributed by atoms with Crippen molar-refractivity contribution in [3.8, 4) is 0 Å². The molecule has 1 aromatic carbocycles. The number of amides is 1. The summed E-state index contributed by atoms with van der Waals surface area (Å²) in [5, 5.41) is 10.1. The predicted octanol–water partition coefficient (Wildman–Crippen LogP) is 3.75. The minimum Gasteiger partial charge on any atom is -0.388 e. The lowest BCUT2D eigenvalue weighted by molar-refractivity contribution is -0.115. The topological polar surface area (TPSA) is 40.5 Å². The number of allylic oxidation sites excluding steroid dienone is 2. The molecule has 3 nitrogen and oxygen atoms in total. The summed E-state index contributed by atoms with van der Waals surface area (Å²) >= 11 is 3.44. The van der Waals surface area contributed by atoms with Crippen LogP contribution < -0.4 is 4.90 Å². The largest absolute Gasteiger partial charge is 0.388 e. The fourth-order valence-corrected chi connectivity index (χ4v) is 2.56. The van der Waals surface area contributed by atoms with E-state index in [1.807, 2.05) is 44.2 Å². The molecule has 1 aromatic rings. The van der Waals surface area contributed by atoms with Crippen molar-refractivity contribution in [2.24, 2.45) is 0 Å². The van der Waals surface area contributed by atoms with E-state index < -0.39 is 6.10 Å². The lowest BCUT2D eigenvalue weighted by Crippen LogP contribution is -2.29. The molecule has 4 heteroatoms. The minimum absolute atomic E-state index is 0.147. The van der Waals surface area contributed by atoms with Gasteiger partial charge >= 0.3 is 0 Å². The Morgan fingerprint density at radius 2 is 2.00 bits per heavy atom. The zero-order chi connectivity index (χ0) is 14.7. The van der Waals surface area contributed by atoms with E-state index in [4.69, 9.17) is 0 Å². The Morgan fingerprint density at radius 3 is 2.55 bits per heavy atom. The van der Waals surface area contributed by atoms with E-state index in [2.05, 4.69) is 15.9 Å². The monoisotopic (exact) mass is 335 g/mol. The lowest BCUT2D eigenvalue weighted by Gasteiger charge is -2.20. The molecule has 1 N–H and O–H groups in total. The summed E-state index contributed by atoms with van der Waals surface area (Å²) in [5.41, 5.74) is 2.05. The van der Waals surface area contributed by atoms with E-state index in [1.54, 1.807) is 11.0 Å². The fraction of sp³-hybridized carbons (Fsp3) is 0.312. The molecule has 1 unspecified atom stereocenters. The van der Waals surface area contributed by atoms with E-state index >= 15 is 0 Å². The second kappa shape index (κ2) is 6.37. The fourth-order valence-electron chi connectivity index (χ4n) is 2.27. The van der Waals surface area contributed by atoms with Crippen LogP contribution in [0.4, 0.5) is 5.69 Å². The Labute approximate surface area is 127 Å². The van der Waals surface area contributed by atoms with Crippen molar-refractivity contribution in [1.29, 1.82) is 0 Å². The van der Waals surface area contributed by atoms with Gasteiger partial charge in [-0.2, -0.15) is 0 Å². The van der Waals surface area contributed by atoms with Gasteiger partial charge in [-0.1, -0.05) is 47.5 Å². The third-order valence-corrected chi connectivity index (χ3v) is 3.68. The molecule has 1 aliphatic rings. The Morgan fingerprint density at radius 1 is 1.35 bits per heavy atom. The van der Waals surface area contributed by atoms with Crippen molar-refractivity contribution in [3.63, 3.8) is 0 Å². The SMILES string of the molecule is CCCC(O)C1=C/C(=C(\C)Br)N(c2ccccc2)C1=O. The number of anilines is 1. The van der Waals surface area contributed by atoms with Crippen LogP contribution in [0.5, 0.6) is 0 Å². The molecule has 0 saturated heterocycles. The van der Waals surface area contributed by atoms with Crippen molar-refractivity contribution in [1.82, 2.24) is 0 Å². The third-order valence-electron chi connectivity index (χ3n) is 3.27. The molecular weight excluding hydrogens is 318 g/mol. The molecule has 0 aromatic heterocycles. The Kier molecular flexibility index (Phi) is 4.78. The molecule has 0 spiro atoms. The lowest BCUT2D eigenvalue weighted by atomic mass is 10.1. The van der Waals surface area contributed by atoms with E-state index in [0.717, 1.165) is 22.3 Å². The van der Waals surface area contributed by atoms with Crippen molar-refractivity contribution in [2.45, 2.75) is 32.8 Å². The zero-order valence-corrected chi connectivity index (χ0v) is 13.2. The van der Waals surface area contributed by atoms with Crippen LogP contribution in [0.2, 0.25) is 0 Å². The summed E-state index contributed by atoms with van der Waals surface area (Å²) in [7, 11) is 0. The first-order valence-electron chi connectivity index (χ1n) is 6.71. The number of nitrogens with zero attached hydrogens (tertiary/aromatic N) is 1. The van der Waals surface area contributed by atoms with Crippen molar-refractivity contribution >= 4 is 27.5 Å². The first kappa shape index (κ1) is 15.0. The number of hydrogen-bond donors (Lipinski definition) is 1. The highest BCUT2D eigenvalue weighted by molar-refractivity contribution is 9.11. The maximum absolute atomic E-state index is 12.6. The van der Waals surface area contributed by atoms with Gasteiger partial charge in [0.2, 0.25) is 0 Å². The van der Waals surface area contributed by atoms with Gasteiger partial charge in [-0.15, -0.1) is 0 Å². The first-order valence-corrected chi connectivity index (χ1v) is 7.51. The Bertz CT molecular complexity index is 559. The van der Waals surface area contributed by atoms with Crippen LogP contribution in [0.3, 0.4) is 0 Å². The zero-order valence-electron chi connectivity index (χ0n) is 11.6. The number of para-hydroxylation sites is 1. The number of carbonyl (C=O) groups excluding carboxylic acids is 1. The number of rotatable bonds is 4. The van der Waals surface area contributed by atoms with E-state index in [-0.39, 0.29) is 5.91 Å². The average Bonchev–Trinajstić information content (AvgIpc) is 2.78. The smallest absolute Gasteiger partial charge is 0.261 e. The van der Waals surface area contributed by atoms with Gasteiger partial charge in [0.05, 0.1) is 11.8 Å². The number of benzene rings is 1. The molecule has 20 heavy (non-hydrogen) atoms. The van der Waals surface area contributed by atoms with Gasteiger partial charge < -0.3 is 5.11 Å². The molecule has 1 heterocycles. The standard InChI is InChI=1S/C16H18BrNO2/c1-3-7-15(19)13-10-14(11(2)17)18(16(13)20)12-8-5-4-6-9-12/h4-6,8-10,15,19H,3,7H2,1-2H3/b14-11-. The van der Waals surface area contributed by atoms with Crippen molar-refractivity contribution in [2.75, 3.05) is 4.90 Å². The highest BCUT2D eigenvalue weighted by Gasteiger charge is 2.33. The van der Waals surface area contributed by atoms with Gasteiger partial charge in [-0.3, -0.25) is 9.69 Å². The Hall–Kier alpha value is -1.39. The molecule has 1 atom stereocenters. The summed E-state index contributed by atoms with van der Waals surface area (Å²) in [4.78, 5) is 14.2. The second-order valence-corrected chi connectivity index (χ2v) is 5.99. The molecular formula is C16H18BrNO2. The van der Waals surface area contributed by atoms with Gasteiger partial charge in [0, 0.05) is 15.7 Å². The Balaban J connectivity index is 2.41. The van der Waals surface area contributed by atoms with Crippen molar-refractivity contribution in [3.05, 3.63) is 52.2 Å².